The van der Waals surface area contributed by atoms with Crippen LogP contribution in [0.25, 0.3) is 17.0 Å². The fraction of sp³-hybridized carbons (Fsp3) is 0.0769. The lowest BCUT2D eigenvalue weighted by Gasteiger charge is -2.15. The van der Waals surface area contributed by atoms with Gasteiger partial charge in [0.25, 0.3) is 11.6 Å². The van der Waals surface area contributed by atoms with Crippen LogP contribution >= 0.6 is 43.6 Å². The number of nitro groups is 1. The third-order valence-electron chi connectivity index (χ3n) is 5.79. The Labute approximate surface area is 232 Å². The number of amidine groups is 1. The zero-order chi connectivity index (χ0) is 26.1. The molecule has 4 aromatic rings. The lowest BCUT2D eigenvalue weighted by molar-refractivity contribution is -0.384. The molecule has 0 bridgehead atoms. The number of aliphatic imine (C=N–C) groups is 1. The molecule has 0 atom stereocenters. The highest BCUT2D eigenvalue weighted by molar-refractivity contribution is 9.11. The monoisotopic (exact) mass is 640 g/mol. The Kier molecular flexibility index (Phi) is 7.18. The summed E-state index contributed by atoms with van der Waals surface area (Å²) in [6.45, 7) is 0.403. The van der Waals surface area contributed by atoms with Crippen LogP contribution in [-0.2, 0) is 11.2 Å². The maximum Gasteiger partial charge on any atom is 0.269 e. The minimum Gasteiger partial charge on any atom is -0.506 e. The molecule has 5 rings (SSSR count). The number of nitrogens with zero attached hydrogens (tertiary/aromatic N) is 3. The van der Waals surface area contributed by atoms with Crippen molar-refractivity contribution < 1.29 is 14.8 Å². The summed E-state index contributed by atoms with van der Waals surface area (Å²) in [6, 6.07) is 17.3. The van der Waals surface area contributed by atoms with E-state index in [-0.39, 0.29) is 17.3 Å². The van der Waals surface area contributed by atoms with Gasteiger partial charge in [0.2, 0.25) is 0 Å². The highest BCUT2D eigenvalue weighted by Crippen LogP contribution is 2.38. The molecule has 0 saturated carbocycles. The van der Waals surface area contributed by atoms with Crippen LogP contribution in [0, 0.1) is 10.1 Å². The van der Waals surface area contributed by atoms with Crippen LogP contribution in [0.3, 0.4) is 0 Å². The zero-order valence-corrected chi connectivity index (χ0v) is 23.0. The number of carbonyl (C=O) groups is 1. The van der Waals surface area contributed by atoms with Crippen molar-refractivity contribution in [3.8, 4) is 5.75 Å². The number of halogens is 2. The number of rotatable bonds is 6. The highest BCUT2D eigenvalue weighted by Gasteiger charge is 2.33. The number of fused-ring (bicyclic) bond motifs is 1. The van der Waals surface area contributed by atoms with Crippen molar-refractivity contribution in [2.45, 2.75) is 6.42 Å². The van der Waals surface area contributed by atoms with Crippen molar-refractivity contribution in [3.05, 3.63) is 102 Å². The number of nitrogens with one attached hydrogen (secondary N) is 1. The van der Waals surface area contributed by atoms with Crippen molar-refractivity contribution in [2.75, 3.05) is 6.54 Å². The maximum atomic E-state index is 13.5. The third kappa shape index (κ3) is 5.34. The summed E-state index contributed by atoms with van der Waals surface area (Å²) in [5.74, 6) is -0.112. The molecule has 1 amide bonds. The Morgan fingerprint density at radius 3 is 2.51 bits per heavy atom. The van der Waals surface area contributed by atoms with Crippen molar-refractivity contribution >= 4 is 83.1 Å². The predicted octanol–water partition coefficient (Wildman–Crippen LogP) is 7.15. The fourth-order valence-corrected chi connectivity index (χ4v) is 6.18. The number of aromatic nitrogens is 1. The van der Waals surface area contributed by atoms with Crippen molar-refractivity contribution in [3.63, 3.8) is 0 Å². The minimum atomic E-state index is -0.465. The van der Waals surface area contributed by atoms with Gasteiger partial charge in [-0.1, -0.05) is 18.2 Å². The highest BCUT2D eigenvalue weighted by atomic mass is 79.9. The molecule has 37 heavy (non-hydrogen) atoms. The summed E-state index contributed by atoms with van der Waals surface area (Å²) in [4.78, 5) is 34.1. The lowest BCUT2D eigenvalue weighted by Crippen LogP contribution is -2.31. The molecule has 11 heteroatoms. The number of benzene rings is 3. The Bertz CT molecular complexity index is 1570. The Hall–Kier alpha value is -3.41. The number of non-ortho nitro benzene ring substituents is 1. The van der Waals surface area contributed by atoms with E-state index in [0.717, 1.165) is 22.0 Å². The van der Waals surface area contributed by atoms with E-state index in [4.69, 9.17) is 0 Å². The molecule has 0 spiro atoms. The molecule has 1 aliphatic heterocycles. The van der Waals surface area contributed by atoms with Crippen LogP contribution in [0.4, 0.5) is 11.4 Å². The molecule has 1 aromatic heterocycles. The van der Waals surface area contributed by atoms with Gasteiger partial charge in [-0.15, -0.1) is 0 Å². The summed E-state index contributed by atoms with van der Waals surface area (Å²) in [7, 11) is 0. The van der Waals surface area contributed by atoms with Gasteiger partial charge in [-0.2, -0.15) is 0 Å². The van der Waals surface area contributed by atoms with Gasteiger partial charge < -0.3 is 10.1 Å². The van der Waals surface area contributed by atoms with E-state index in [1.54, 1.807) is 35.2 Å². The van der Waals surface area contributed by atoms with Gasteiger partial charge >= 0.3 is 0 Å². The van der Waals surface area contributed by atoms with Crippen molar-refractivity contribution in [1.82, 2.24) is 9.88 Å². The Morgan fingerprint density at radius 1 is 1.11 bits per heavy atom. The smallest absolute Gasteiger partial charge is 0.269 e. The summed E-state index contributed by atoms with van der Waals surface area (Å²) < 4.78 is 1.00. The normalized spacial score (nSPS) is 15.8. The molecule has 1 aliphatic rings. The molecular formula is C26H18Br2N4O4S. The number of hydrogen-bond acceptors (Lipinski definition) is 6. The van der Waals surface area contributed by atoms with Crippen LogP contribution in [0.1, 0.15) is 11.1 Å². The third-order valence-corrected chi connectivity index (χ3v) is 8.01. The van der Waals surface area contributed by atoms with Gasteiger partial charge in [-0.25, -0.2) is 4.99 Å². The number of phenolic OH excluding ortho intramolecular Hbond substituents is 1. The van der Waals surface area contributed by atoms with E-state index in [9.17, 15) is 20.0 Å². The van der Waals surface area contributed by atoms with Gasteiger partial charge in [-0.3, -0.25) is 19.8 Å². The second-order valence-corrected chi connectivity index (χ2v) is 10.9. The number of para-hydroxylation sites is 1. The molecule has 186 valence electrons. The van der Waals surface area contributed by atoms with Crippen LogP contribution in [0.5, 0.6) is 5.75 Å². The molecule has 1 fully saturated rings. The first-order valence-electron chi connectivity index (χ1n) is 11.1. The number of amides is 1. The SMILES string of the molecule is O=C1/C(=C/c2cc(Br)c(O)c(Br)c2)SC(=Nc2ccc([N+](=O)[O-])cc2)N1CCc1c[nH]c2ccccc12. The number of phenols is 1. The average Bonchev–Trinajstić information content (AvgIpc) is 3.42. The van der Waals surface area contributed by atoms with E-state index < -0.39 is 4.92 Å². The number of H-pyrrole nitrogens is 1. The zero-order valence-electron chi connectivity index (χ0n) is 19.0. The maximum absolute atomic E-state index is 13.5. The summed E-state index contributed by atoms with van der Waals surface area (Å²) >= 11 is 7.89. The Balaban J connectivity index is 1.48. The van der Waals surface area contributed by atoms with Crippen molar-refractivity contribution in [1.29, 1.82) is 0 Å². The number of carbonyl (C=O) groups excluding carboxylic acids is 1. The summed E-state index contributed by atoms with van der Waals surface area (Å²) in [6.07, 6.45) is 4.31. The van der Waals surface area contributed by atoms with Gasteiger partial charge in [0, 0.05) is 35.8 Å². The van der Waals surface area contributed by atoms with Gasteiger partial charge in [0.05, 0.1) is 24.5 Å². The Morgan fingerprint density at radius 2 is 1.81 bits per heavy atom. The largest absolute Gasteiger partial charge is 0.506 e. The van der Waals surface area contributed by atoms with Crippen molar-refractivity contribution in [2.24, 2.45) is 4.99 Å². The number of hydrogen-bond donors (Lipinski definition) is 2. The number of aromatic amines is 1. The topological polar surface area (TPSA) is 112 Å². The van der Waals surface area contributed by atoms with Gasteiger partial charge in [0.1, 0.15) is 5.75 Å². The molecule has 0 radical (unpaired) electrons. The standard InChI is InChI=1S/C26H18Br2N4O4S/c27-20-11-15(12-21(28)24(20)33)13-23-25(34)31(10-9-16-14-29-22-4-2-1-3-19(16)22)26(37-23)30-17-5-7-18(8-6-17)32(35)36/h1-8,11-14,29,33H,9-10H2/b23-13-,30-26?. The quantitative estimate of drug-likeness (QED) is 0.132. The van der Waals surface area contributed by atoms with Crippen LogP contribution in [0.2, 0.25) is 0 Å². The van der Waals surface area contributed by atoms with E-state index >= 15 is 0 Å². The molecular weight excluding hydrogens is 624 g/mol. The number of thioether (sulfide) groups is 1. The van der Waals surface area contributed by atoms with Crippen LogP contribution < -0.4 is 0 Å². The van der Waals surface area contributed by atoms with E-state index in [2.05, 4.69) is 41.8 Å². The second kappa shape index (κ2) is 10.5. The first-order chi connectivity index (χ1) is 17.8. The molecule has 3 aromatic carbocycles. The van der Waals surface area contributed by atoms with E-state index in [0.29, 0.717) is 37.7 Å². The molecule has 2 heterocycles. The van der Waals surface area contributed by atoms with E-state index in [1.807, 2.05) is 30.5 Å². The molecule has 0 aliphatic carbocycles. The summed E-state index contributed by atoms with van der Waals surface area (Å²) in [5.41, 5.74) is 3.32. The minimum absolute atomic E-state index is 0.0284. The number of aromatic hydroxyl groups is 1. The first kappa shape index (κ1) is 25.2. The predicted molar refractivity (Wildman–Crippen MR) is 153 cm³/mol. The molecule has 1 saturated heterocycles. The van der Waals surface area contributed by atoms with Crippen LogP contribution in [-0.4, -0.2) is 37.5 Å². The first-order valence-corrected chi connectivity index (χ1v) is 13.5. The molecule has 0 unspecified atom stereocenters. The fourth-order valence-electron chi connectivity index (χ4n) is 3.94. The van der Waals surface area contributed by atoms with Gasteiger partial charge in [-0.05, 0) is 97.6 Å². The average molecular weight is 642 g/mol. The van der Waals surface area contributed by atoms with Crippen LogP contribution in [0.15, 0.2) is 85.7 Å². The second-order valence-electron chi connectivity index (χ2n) is 8.18. The van der Waals surface area contributed by atoms with Gasteiger partial charge in [0.15, 0.2) is 5.17 Å². The lowest BCUT2D eigenvalue weighted by atomic mass is 10.1. The summed E-state index contributed by atoms with van der Waals surface area (Å²) in [5, 5.41) is 22.6. The molecule has 8 nitrogen and oxygen atoms in total. The molecule has 2 N–H and O–H groups in total. The van der Waals surface area contributed by atoms with E-state index in [1.165, 1.54) is 23.9 Å². The number of nitro benzene ring substituents is 1.